The van der Waals surface area contributed by atoms with Gasteiger partial charge in [-0.15, -0.1) is 0 Å². The number of alkyl halides is 3. The number of ether oxygens (including phenoxy) is 1. The molecule has 0 atom stereocenters. The molecule has 1 aromatic carbocycles. The number of methoxy groups -OCH3 is 1. The summed E-state index contributed by atoms with van der Waals surface area (Å²) in [5.41, 5.74) is 3.48. The van der Waals surface area contributed by atoms with Gasteiger partial charge in [-0.25, -0.2) is 24.9 Å². The number of halogens is 3. The first-order valence-corrected chi connectivity index (χ1v) is 12.6. The average Bonchev–Trinajstić information content (AvgIpc) is 3.51. The van der Waals surface area contributed by atoms with E-state index in [0.717, 1.165) is 30.3 Å². The largest absolute Gasteiger partial charge is 0.480 e. The van der Waals surface area contributed by atoms with Crippen molar-refractivity contribution in [1.82, 2.24) is 33.9 Å². The molecule has 0 spiro atoms. The number of anilines is 1. The summed E-state index contributed by atoms with van der Waals surface area (Å²) in [5, 5.41) is 5.20. The number of nitrogens with one attached hydrogen (secondary N) is 1. The van der Waals surface area contributed by atoms with Crippen molar-refractivity contribution in [2.45, 2.75) is 31.5 Å². The molecule has 194 valence electrons. The molecule has 9 nitrogen and oxygen atoms in total. The minimum atomic E-state index is -4.49. The molecule has 0 bridgehead atoms. The zero-order chi connectivity index (χ0) is 26.4. The Morgan fingerprint density at radius 1 is 1.11 bits per heavy atom. The predicted octanol–water partition coefficient (Wildman–Crippen LogP) is 5.46. The van der Waals surface area contributed by atoms with Gasteiger partial charge in [-0.05, 0) is 29.9 Å². The lowest BCUT2D eigenvalue weighted by Gasteiger charge is -2.13. The van der Waals surface area contributed by atoms with Gasteiger partial charge in [0, 0.05) is 36.7 Å². The molecule has 38 heavy (non-hydrogen) atoms. The first kappa shape index (κ1) is 24.2. The fourth-order valence-electron chi connectivity index (χ4n) is 4.25. The normalized spacial score (nSPS) is 13.7. The molecule has 1 N–H and O–H groups in total. The van der Waals surface area contributed by atoms with Crippen molar-refractivity contribution in [3.05, 3.63) is 59.1 Å². The summed E-state index contributed by atoms with van der Waals surface area (Å²) in [6.45, 7) is 0.412. The van der Waals surface area contributed by atoms with Crippen LogP contribution in [0, 0.1) is 0 Å². The van der Waals surface area contributed by atoms with Crippen LogP contribution in [0.15, 0.2) is 42.2 Å². The molecule has 1 aliphatic carbocycles. The summed E-state index contributed by atoms with van der Waals surface area (Å²) >= 11 is 1.29. The number of nitrogens with zero attached hydrogens (tertiary/aromatic N) is 7. The Hall–Kier alpha value is -4.13. The van der Waals surface area contributed by atoms with Crippen LogP contribution in [0.1, 0.15) is 35.7 Å². The van der Waals surface area contributed by atoms with E-state index in [1.54, 1.807) is 26.3 Å². The molecular formula is C25H21F3N8OS. The number of hydrogen-bond donors (Lipinski definition) is 1. The Labute approximate surface area is 219 Å². The number of aromatic nitrogens is 7. The van der Waals surface area contributed by atoms with Crippen LogP contribution in [-0.2, 0) is 19.8 Å². The minimum Gasteiger partial charge on any atom is -0.480 e. The maximum atomic E-state index is 13.0. The van der Waals surface area contributed by atoms with E-state index in [-0.39, 0.29) is 5.82 Å². The van der Waals surface area contributed by atoms with E-state index in [1.165, 1.54) is 22.4 Å². The van der Waals surface area contributed by atoms with Gasteiger partial charge in [0.05, 0.1) is 12.8 Å². The number of benzene rings is 1. The zero-order valence-electron chi connectivity index (χ0n) is 20.3. The third-order valence-corrected chi connectivity index (χ3v) is 6.90. The number of aryl methyl sites for hydroxylation is 1. The Morgan fingerprint density at radius 3 is 2.58 bits per heavy atom. The second kappa shape index (κ2) is 9.31. The van der Waals surface area contributed by atoms with E-state index in [0.29, 0.717) is 52.1 Å². The molecule has 6 rings (SSSR count). The molecule has 1 saturated carbocycles. The molecule has 4 aromatic heterocycles. The lowest BCUT2D eigenvalue weighted by atomic mass is 10.1. The van der Waals surface area contributed by atoms with Crippen LogP contribution in [0.4, 0.5) is 19.0 Å². The molecule has 1 fully saturated rings. The Bertz CT molecular complexity index is 1630. The van der Waals surface area contributed by atoms with Gasteiger partial charge >= 0.3 is 6.18 Å². The highest BCUT2D eigenvalue weighted by atomic mass is 32.1. The van der Waals surface area contributed by atoms with Gasteiger partial charge in [0.2, 0.25) is 5.88 Å². The van der Waals surface area contributed by atoms with Gasteiger partial charge in [-0.1, -0.05) is 24.3 Å². The highest BCUT2D eigenvalue weighted by Gasteiger charge is 2.34. The van der Waals surface area contributed by atoms with Crippen LogP contribution in [0.2, 0.25) is 0 Å². The molecular weight excluding hydrogens is 517 g/mol. The third-order valence-electron chi connectivity index (χ3n) is 6.28. The smallest absolute Gasteiger partial charge is 0.434 e. The molecule has 5 aromatic rings. The highest BCUT2D eigenvalue weighted by Crippen LogP contribution is 2.45. The van der Waals surface area contributed by atoms with Crippen LogP contribution in [0.3, 0.4) is 0 Å². The topological polar surface area (TPSA) is 104 Å². The zero-order valence-corrected chi connectivity index (χ0v) is 21.1. The Kier molecular flexibility index (Phi) is 5.94. The second-order valence-electron chi connectivity index (χ2n) is 8.97. The van der Waals surface area contributed by atoms with Gasteiger partial charge in [-0.3, -0.25) is 0 Å². The van der Waals surface area contributed by atoms with E-state index in [4.69, 9.17) is 14.7 Å². The van der Waals surface area contributed by atoms with Gasteiger partial charge < -0.3 is 14.6 Å². The van der Waals surface area contributed by atoms with Gasteiger partial charge in [-0.2, -0.15) is 17.5 Å². The molecule has 0 amide bonds. The molecule has 4 heterocycles. The Morgan fingerprint density at radius 2 is 1.89 bits per heavy atom. The number of imidazole rings is 1. The van der Waals surface area contributed by atoms with Crippen molar-refractivity contribution in [1.29, 1.82) is 0 Å². The summed E-state index contributed by atoms with van der Waals surface area (Å²) in [5.74, 6) is 2.02. The van der Waals surface area contributed by atoms with E-state index >= 15 is 0 Å². The van der Waals surface area contributed by atoms with Gasteiger partial charge in [0.15, 0.2) is 17.3 Å². The minimum absolute atomic E-state index is 0.243. The first-order chi connectivity index (χ1) is 18.3. The summed E-state index contributed by atoms with van der Waals surface area (Å²) in [4.78, 5) is 22.0. The molecule has 1 aliphatic rings. The predicted molar refractivity (Wildman–Crippen MR) is 136 cm³/mol. The van der Waals surface area contributed by atoms with Gasteiger partial charge in [0.1, 0.15) is 28.7 Å². The summed E-state index contributed by atoms with van der Waals surface area (Å²) in [6.07, 6.45) is 0.0849. The second-order valence-corrected chi connectivity index (χ2v) is 9.60. The van der Waals surface area contributed by atoms with Crippen LogP contribution >= 0.6 is 11.5 Å². The van der Waals surface area contributed by atoms with Gasteiger partial charge in [0.25, 0.3) is 0 Å². The summed E-state index contributed by atoms with van der Waals surface area (Å²) < 4.78 is 50.5. The van der Waals surface area contributed by atoms with Crippen LogP contribution in [-0.4, -0.2) is 41.0 Å². The maximum Gasteiger partial charge on any atom is 0.434 e. The summed E-state index contributed by atoms with van der Waals surface area (Å²) in [6, 6.07) is 7.17. The van der Waals surface area contributed by atoms with E-state index < -0.39 is 11.9 Å². The van der Waals surface area contributed by atoms with E-state index in [2.05, 4.69) is 24.6 Å². The van der Waals surface area contributed by atoms with Crippen LogP contribution < -0.4 is 10.1 Å². The molecule has 0 aliphatic heterocycles. The fourth-order valence-corrected chi connectivity index (χ4v) is 4.85. The van der Waals surface area contributed by atoms with Crippen LogP contribution in [0.25, 0.3) is 33.8 Å². The van der Waals surface area contributed by atoms with Crippen LogP contribution in [0.5, 0.6) is 5.88 Å². The molecule has 13 heteroatoms. The first-order valence-electron chi connectivity index (χ1n) is 11.8. The molecule has 0 saturated heterocycles. The fraction of sp³-hybridized carbons (Fsp3) is 0.280. The van der Waals surface area contributed by atoms with Crippen molar-refractivity contribution in [2.75, 3.05) is 12.4 Å². The molecule has 0 radical (unpaired) electrons. The lowest BCUT2D eigenvalue weighted by Crippen LogP contribution is -2.06. The highest BCUT2D eigenvalue weighted by molar-refractivity contribution is 7.04. The average molecular weight is 539 g/mol. The number of hydrogen-bond acceptors (Lipinski definition) is 9. The number of rotatable bonds is 7. The summed E-state index contributed by atoms with van der Waals surface area (Å²) in [7, 11) is 3.10. The maximum absolute atomic E-state index is 13.0. The van der Waals surface area contributed by atoms with E-state index in [9.17, 15) is 13.2 Å². The lowest BCUT2D eigenvalue weighted by molar-refractivity contribution is -0.140. The van der Waals surface area contributed by atoms with Crippen molar-refractivity contribution >= 4 is 28.4 Å². The number of fused-ring (bicyclic) bond motifs is 1. The molecule has 0 unspecified atom stereocenters. The SMILES string of the molecule is COc1ncnc(C2CC2)c1-c1nc(NCc2ccc(-c3nc(C(F)(F)F)cn3C)cc2)c2nscc2n1. The van der Waals surface area contributed by atoms with Crippen molar-refractivity contribution in [2.24, 2.45) is 7.05 Å². The standard InChI is InChI=1S/C25H21F3N8OS/c1-36-10-17(25(26,27)28)33-23(36)15-5-3-13(4-6-15)9-29-22-20-16(11-38-35-20)32-21(34-22)18-19(14-7-8-14)30-12-31-24(18)37-2/h3-6,10-12,14H,7-9H2,1-2H3,(H,29,32,34). The van der Waals surface area contributed by atoms with E-state index in [1.807, 2.05) is 17.5 Å². The van der Waals surface area contributed by atoms with Crippen molar-refractivity contribution in [3.8, 4) is 28.7 Å². The van der Waals surface area contributed by atoms with Crippen molar-refractivity contribution in [3.63, 3.8) is 0 Å². The Balaban J connectivity index is 1.28. The van der Waals surface area contributed by atoms with Crippen molar-refractivity contribution < 1.29 is 17.9 Å². The quantitative estimate of drug-likeness (QED) is 0.291. The monoisotopic (exact) mass is 538 g/mol. The third kappa shape index (κ3) is 4.53.